The maximum Gasteiger partial charge on any atom is 0.134 e. The Morgan fingerprint density at radius 2 is 2.05 bits per heavy atom. The fourth-order valence-corrected chi connectivity index (χ4v) is 3.34. The van der Waals surface area contributed by atoms with Crippen LogP contribution in [0.15, 0.2) is 34.7 Å². The Bertz CT molecular complexity index is 526. The first kappa shape index (κ1) is 13.7. The molecule has 1 N–H and O–H groups in total. The average Bonchev–Trinajstić information content (AvgIpc) is 2.90. The van der Waals surface area contributed by atoms with Crippen molar-refractivity contribution in [2.45, 2.75) is 45.6 Å². The number of nitrogens with one attached hydrogen (secondary N) is 1. The highest BCUT2D eigenvalue weighted by Crippen LogP contribution is 2.30. The number of rotatable bonds is 4. The van der Waals surface area contributed by atoms with Gasteiger partial charge in [-0.25, -0.2) is 0 Å². The molecule has 0 saturated heterocycles. The van der Waals surface area contributed by atoms with E-state index in [1.54, 1.807) is 0 Å². The number of furan rings is 1. The van der Waals surface area contributed by atoms with Gasteiger partial charge in [-0.05, 0) is 43.9 Å². The molecule has 1 aliphatic rings. The van der Waals surface area contributed by atoms with Crippen LogP contribution >= 0.6 is 0 Å². The fourth-order valence-electron chi connectivity index (χ4n) is 3.34. The lowest BCUT2D eigenvalue weighted by atomic mass is 9.80. The molecule has 20 heavy (non-hydrogen) atoms. The molecule has 3 atom stereocenters. The van der Waals surface area contributed by atoms with E-state index in [9.17, 15) is 0 Å². The van der Waals surface area contributed by atoms with Crippen LogP contribution in [0.1, 0.15) is 51.3 Å². The Hall–Kier alpha value is -1.28. The monoisotopic (exact) mass is 271 g/mol. The normalized spacial score (nSPS) is 24.9. The highest BCUT2D eigenvalue weighted by Gasteiger charge is 2.22. The van der Waals surface area contributed by atoms with Gasteiger partial charge < -0.3 is 9.73 Å². The summed E-state index contributed by atoms with van der Waals surface area (Å²) in [5.74, 6) is 2.74. The smallest absolute Gasteiger partial charge is 0.134 e. The molecule has 1 heterocycles. The summed E-state index contributed by atoms with van der Waals surface area (Å²) in [6.07, 6.45) is 5.58. The quantitative estimate of drug-likeness (QED) is 0.854. The molecule has 2 heteroatoms. The van der Waals surface area contributed by atoms with Crippen molar-refractivity contribution in [3.05, 3.63) is 36.1 Å². The van der Waals surface area contributed by atoms with E-state index in [-0.39, 0.29) is 6.04 Å². The Morgan fingerprint density at radius 1 is 1.25 bits per heavy atom. The zero-order valence-electron chi connectivity index (χ0n) is 12.6. The van der Waals surface area contributed by atoms with E-state index >= 15 is 0 Å². The molecule has 3 unspecified atom stereocenters. The third-order valence-electron chi connectivity index (χ3n) is 4.85. The molecule has 1 aromatic carbocycles. The van der Waals surface area contributed by atoms with Gasteiger partial charge in [0.2, 0.25) is 0 Å². The van der Waals surface area contributed by atoms with Crippen LogP contribution in [0, 0.1) is 11.8 Å². The molecule has 1 saturated carbocycles. The molecule has 0 spiro atoms. The van der Waals surface area contributed by atoms with Gasteiger partial charge in [0, 0.05) is 5.39 Å². The second-order valence-corrected chi connectivity index (χ2v) is 6.34. The number of hydrogen-bond donors (Lipinski definition) is 1. The molecule has 108 valence electrons. The van der Waals surface area contributed by atoms with Crippen molar-refractivity contribution in [1.29, 1.82) is 0 Å². The van der Waals surface area contributed by atoms with Gasteiger partial charge >= 0.3 is 0 Å². The lowest BCUT2D eigenvalue weighted by molar-refractivity contribution is 0.239. The van der Waals surface area contributed by atoms with Crippen molar-refractivity contribution in [1.82, 2.24) is 5.32 Å². The van der Waals surface area contributed by atoms with E-state index in [0.29, 0.717) is 0 Å². The summed E-state index contributed by atoms with van der Waals surface area (Å²) >= 11 is 0. The molecular weight excluding hydrogens is 246 g/mol. The molecular formula is C18H25NO. The van der Waals surface area contributed by atoms with Crippen LogP contribution in [0.3, 0.4) is 0 Å². The minimum absolute atomic E-state index is 0.288. The second-order valence-electron chi connectivity index (χ2n) is 6.34. The Labute approximate surface area is 121 Å². The van der Waals surface area contributed by atoms with Gasteiger partial charge in [-0.15, -0.1) is 0 Å². The van der Waals surface area contributed by atoms with E-state index < -0.39 is 0 Å². The summed E-state index contributed by atoms with van der Waals surface area (Å²) in [6.45, 7) is 5.71. The summed E-state index contributed by atoms with van der Waals surface area (Å²) < 4.78 is 5.93. The molecule has 2 aromatic rings. The Kier molecular flexibility index (Phi) is 4.11. The average molecular weight is 271 g/mol. The van der Waals surface area contributed by atoms with Gasteiger partial charge in [0.05, 0.1) is 6.04 Å². The van der Waals surface area contributed by atoms with Crippen molar-refractivity contribution in [2.75, 3.05) is 6.54 Å². The highest BCUT2D eigenvalue weighted by molar-refractivity contribution is 5.77. The summed E-state index contributed by atoms with van der Waals surface area (Å²) in [5.41, 5.74) is 0.988. The van der Waals surface area contributed by atoms with E-state index in [1.165, 1.54) is 31.1 Å². The topological polar surface area (TPSA) is 25.2 Å². The largest absolute Gasteiger partial charge is 0.459 e. The second kappa shape index (κ2) is 6.01. The maximum atomic E-state index is 5.93. The van der Waals surface area contributed by atoms with E-state index in [0.717, 1.165) is 29.7 Å². The highest BCUT2D eigenvalue weighted by atomic mass is 16.3. The van der Waals surface area contributed by atoms with Crippen LogP contribution in [0.4, 0.5) is 0 Å². The van der Waals surface area contributed by atoms with Gasteiger partial charge in [0.1, 0.15) is 11.3 Å². The molecule has 1 fully saturated rings. The Balaban J connectivity index is 1.62. The number of hydrogen-bond acceptors (Lipinski definition) is 2. The van der Waals surface area contributed by atoms with Crippen LogP contribution in [-0.4, -0.2) is 6.54 Å². The predicted octanol–water partition coefficient (Wildman–Crippen LogP) is 4.91. The first-order valence-corrected chi connectivity index (χ1v) is 7.96. The lowest BCUT2D eigenvalue weighted by Crippen LogP contribution is -2.30. The van der Waals surface area contributed by atoms with Gasteiger partial charge in [0.25, 0.3) is 0 Å². The van der Waals surface area contributed by atoms with Crippen molar-refractivity contribution >= 4 is 11.0 Å². The van der Waals surface area contributed by atoms with Crippen molar-refractivity contribution < 1.29 is 4.42 Å². The van der Waals surface area contributed by atoms with Crippen LogP contribution in [0.2, 0.25) is 0 Å². The summed E-state index contributed by atoms with van der Waals surface area (Å²) in [4.78, 5) is 0. The summed E-state index contributed by atoms with van der Waals surface area (Å²) in [6, 6.07) is 10.7. The fraction of sp³-hybridized carbons (Fsp3) is 0.556. The molecule has 0 aliphatic heterocycles. The SMILES string of the molecule is CC(NCC1CCCCC1C)c1cc2ccccc2o1. The molecule has 1 aliphatic carbocycles. The van der Waals surface area contributed by atoms with Gasteiger partial charge in [-0.3, -0.25) is 0 Å². The van der Waals surface area contributed by atoms with Crippen LogP contribution in [-0.2, 0) is 0 Å². The third kappa shape index (κ3) is 2.90. The van der Waals surface area contributed by atoms with Gasteiger partial charge in [-0.2, -0.15) is 0 Å². The van der Waals surface area contributed by atoms with Crippen molar-refractivity contribution in [2.24, 2.45) is 11.8 Å². The summed E-state index contributed by atoms with van der Waals surface area (Å²) in [5, 5.41) is 4.86. The van der Waals surface area contributed by atoms with Crippen LogP contribution in [0.5, 0.6) is 0 Å². The third-order valence-corrected chi connectivity index (χ3v) is 4.85. The minimum Gasteiger partial charge on any atom is -0.459 e. The lowest BCUT2D eigenvalue weighted by Gasteiger charge is -2.29. The first-order chi connectivity index (χ1) is 9.74. The zero-order valence-corrected chi connectivity index (χ0v) is 12.6. The maximum absolute atomic E-state index is 5.93. The van der Waals surface area contributed by atoms with Crippen LogP contribution < -0.4 is 5.32 Å². The molecule has 3 rings (SSSR count). The Morgan fingerprint density at radius 3 is 2.85 bits per heavy atom. The molecule has 0 radical (unpaired) electrons. The molecule has 2 nitrogen and oxygen atoms in total. The predicted molar refractivity (Wildman–Crippen MR) is 83.8 cm³/mol. The standard InChI is InChI=1S/C18H25NO/c1-13-7-3-4-9-16(13)12-19-14(2)18-11-15-8-5-6-10-17(15)20-18/h5-6,8,10-11,13-14,16,19H,3-4,7,9,12H2,1-2H3. The van der Waals surface area contributed by atoms with Crippen molar-refractivity contribution in [3.63, 3.8) is 0 Å². The van der Waals surface area contributed by atoms with Crippen molar-refractivity contribution in [3.8, 4) is 0 Å². The van der Waals surface area contributed by atoms with E-state index in [2.05, 4.69) is 37.4 Å². The molecule has 0 bridgehead atoms. The zero-order chi connectivity index (χ0) is 13.9. The van der Waals surface area contributed by atoms with E-state index in [4.69, 9.17) is 4.42 Å². The number of fused-ring (bicyclic) bond motifs is 1. The molecule has 0 amide bonds. The van der Waals surface area contributed by atoms with Gasteiger partial charge in [-0.1, -0.05) is 44.4 Å². The first-order valence-electron chi connectivity index (χ1n) is 7.96. The number of para-hydroxylation sites is 1. The van der Waals surface area contributed by atoms with Crippen LogP contribution in [0.25, 0.3) is 11.0 Å². The minimum atomic E-state index is 0.288. The summed E-state index contributed by atoms with van der Waals surface area (Å²) in [7, 11) is 0. The van der Waals surface area contributed by atoms with E-state index in [1.807, 2.05) is 12.1 Å². The molecule has 1 aromatic heterocycles. The van der Waals surface area contributed by atoms with Gasteiger partial charge in [0.15, 0.2) is 0 Å². The number of benzene rings is 1.